The van der Waals surface area contributed by atoms with Crippen LogP contribution in [0.1, 0.15) is 27.7 Å². The molecule has 8 heteroatoms. The summed E-state index contributed by atoms with van der Waals surface area (Å²) in [5, 5.41) is 12.4. The van der Waals surface area contributed by atoms with Crippen molar-refractivity contribution < 1.29 is 4.79 Å². The van der Waals surface area contributed by atoms with Crippen LogP contribution in [-0.2, 0) is 13.1 Å². The third-order valence-corrected chi connectivity index (χ3v) is 4.03. The first-order chi connectivity index (χ1) is 11.6. The van der Waals surface area contributed by atoms with E-state index in [9.17, 15) is 4.79 Å². The van der Waals surface area contributed by atoms with Crippen molar-refractivity contribution in [1.29, 1.82) is 0 Å². The molecule has 0 fully saturated rings. The smallest absolute Gasteiger partial charge is 0.276 e. The molecular weight excluding hydrogens is 306 g/mol. The number of aromatic nitrogens is 6. The average Bonchev–Trinajstić information content (AvgIpc) is 3.19. The van der Waals surface area contributed by atoms with Crippen LogP contribution in [0.15, 0.2) is 30.5 Å². The van der Waals surface area contributed by atoms with Crippen molar-refractivity contribution in [3.05, 3.63) is 53.4 Å². The molecule has 0 atom stereocenters. The molecule has 0 spiro atoms. The SMILES string of the molecule is Cc1cccc(-n2cc(C(=O)N3CCn4nc(C)nc4C3)nn2)c1. The summed E-state index contributed by atoms with van der Waals surface area (Å²) in [7, 11) is 0. The Morgan fingerprint density at radius 2 is 2.08 bits per heavy atom. The highest BCUT2D eigenvalue weighted by molar-refractivity contribution is 5.92. The maximum atomic E-state index is 12.7. The fraction of sp³-hybridized carbons (Fsp3) is 0.312. The van der Waals surface area contributed by atoms with Crippen LogP contribution in [0.25, 0.3) is 5.69 Å². The lowest BCUT2D eigenvalue weighted by molar-refractivity contribution is 0.0696. The Balaban J connectivity index is 1.55. The summed E-state index contributed by atoms with van der Waals surface area (Å²) in [4.78, 5) is 18.8. The van der Waals surface area contributed by atoms with Crippen LogP contribution in [0.2, 0.25) is 0 Å². The van der Waals surface area contributed by atoms with E-state index in [1.807, 2.05) is 42.8 Å². The van der Waals surface area contributed by atoms with Crippen molar-refractivity contribution in [3.63, 3.8) is 0 Å². The first kappa shape index (κ1) is 14.6. The second-order valence-corrected chi connectivity index (χ2v) is 5.91. The first-order valence-corrected chi connectivity index (χ1v) is 7.79. The number of fused-ring (bicyclic) bond motifs is 1. The molecule has 3 aromatic rings. The number of nitrogens with zero attached hydrogens (tertiary/aromatic N) is 7. The number of aryl methyl sites for hydroxylation is 2. The van der Waals surface area contributed by atoms with Gasteiger partial charge in [-0.1, -0.05) is 17.3 Å². The quantitative estimate of drug-likeness (QED) is 0.706. The Labute approximate surface area is 138 Å². The van der Waals surface area contributed by atoms with Gasteiger partial charge in [0.2, 0.25) is 0 Å². The van der Waals surface area contributed by atoms with Crippen LogP contribution in [-0.4, -0.2) is 47.1 Å². The lowest BCUT2D eigenvalue weighted by Crippen LogP contribution is -2.38. The van der Waals surface area contributed by atoms with E-state index in [0.717, 1.165) is 22.9 Å². The Morgan fingerprint density at radius 3 is 2.92 bits per heavy atom. The third kappa shape index (κ3) is 2.55. The molecule has 1 aromatic carbocycles. The molecule has 0 unspecified atom stereocenters. The van der Waals surface area contributed by atoms with Crippen LogP contribution >= 0.6 is 0 Å². The van der Waals surface area contributed by atoms with Gasteiger partial charge in [0, 0.05) is 6.54 Å². The van der Waals surface area contributed by atoms with Gasteiger partial charge in [-0.25, -0.2) is 14.3 Å². The zero-order chi connectivity index (χ0) is 16.7. The minimum atomic E-state index is -0.138. The normalized spacial score (nSPS) is 13.8. The fourth-order valence-corrected chi connectivity index (χ4v) is 2.85. The van der Waals surface area contributed by atoms with Crippen LogP contribution < -0.4 is 0 Å². The molecule has 0 saturated heterocycles. The predicted molar refractivity (Wildman–Crippen MR) is 85.6 cm³/mol. The Kier molecular flexibility index (Phi) is 3.37. The number of carbonyl (C=O) groups is 1. The molecule has 24 heavy (non-hydrogen) atoms. The van der Waals surface area contributed by atoms with Crippen molar-refractivity contribution in [1.82, 2.24) is 34.7 Å². The van der Waals surface area contributed by atoms with E-state index in [1.165, 1.54) is 0 Å². The molecule has 0 aliphatic carbocycles. The molecule has 0 bridgehead atoms. The zero-order valence-corrected chi connectivity index (χ0v) is 13.5. The van der Waals surface area contributed by atoms with E-state index >= 15 is 0 Å². The van der Waals surface area contributed by atoms with Crippen molar-refractivity contribution in [2.45, 2.75) is 26.9 Å². The fourth-order valence-electron chi connectivity index (χ4n) is 2.85. The lowest BCUT2D eigenvalue weighted by atomic mass is 10.2. The Bertz CT molecular complexity index is 911. The number of hydrogen-bond donors (Lipinski definition) is 0. The third-order valence-electron chi connectivity index (χ3n) is 4.03. The van der Waals surface area contributed by atoms with E-state index < -0.39 is 0 Å². The number of benzene rings is 1. The van der Waals surface area contributed by atoms with E-state index in [2.05, 4.69) is 20.4 Å². The van der Waals surface area contributed by atoms with E-state index in [-0.39, 0.29) is 5.91 Å². The van der Waals surface area contributed by atoms with Gasteiger partial charge in [0.15, 0.2) is 5.69 Å². The summed E-state index contributed by atoms with van der Waals surface area (Å²) in [5.41, 5.74) is 2.35. The van der Waals surface area contributed by atoms with Crippen LogP contribution in [0.4, 0.5) is 0 Å². The minimum Gasteiger partial charge on any atom is -0.328 e. The standard InChI is InChI=1S/C16H17N7O/c1-11-4-3-5-13(8-11)23-9-14(18-20-23)16(24)21-6-7-22-15(10-21)17-12(2)19-22/h3-5,8-9H,6-7,10H2,1-2H3. The van der Waals surface area contributed by atoms with Crippen molar-refractivity contribution in [2.75, 3.05) is 6.54 Å². The largest absolute Gasteiger partial charge is 0.328 e. The highest BCUT2D eigenvalue weighted by atomic mass is 16.2. The molecule has 122 valence electrons. The molecule has 0 radical (unpaired) electrons. The Morgan fingerprint density at radius 1 is 1.21 bits per heavy atom. The van der Waals surface area contributed by atoms with Gasteiger partial charge in [-0.15, -0.1) is 5.10 Å². The van der Waals surface area contributed by atoms with Crippen molar-refractivity contribution in [2.24, 2.45) is 0 Å². The van der Waals surface area contributed by atoms with Crippen LogP contribution in [0.3, 0.4) is 0 Å². The molecule has 3 heterocycles. The highest BCUT2D eigenvalue weighted by Gasteiger charge is 2.25. The number of rotatable bonds is 2. The summed E-state index contributed by atoms with van der Waals surface area (Å²) in [6.07, 6.45) is 1.67. The summed E-state index contributed by atoms with van der Waals surface area (Å²) in [6.45, 7) is 5.54. The molecular formula is C16H17N7O. The van der Waals surface area contributed by atoms with Gasteiger partial charge in [-0.05, 0) is 31.5 Å². The number of amides is 1. The highest BCUT2D eigenvalue weighted by Crippen LogP contribution is 2.14. The van der Waals surface area contributed by atoms with E-state index in [1.54, 1.807) is 15.8 Å². The minimum absolute atomic E-state index is 0.138. The second kappa shape index (κ2) is 5.55. The molecule has 1 aliphatic heterocycles. The molecule has 8 nitrogen and oxygen atoms in total. The summed E-state index contributed by atoms with van der Waals surface area (Å²) in [6, 6.07) is 7.89. The van der Waals surface area contributed by atoms with E-state index in [0.29, 0.717) is 25.3 Å². The molecule has 1 amide bonds. The molecule has 1 aliphatic rings. The van der Waals surface area contributed by atoms with Crippen LogP contribution in [0, 0.1) is 13.8 Å². The Hall–Kier alpha value is -3.03. The maximum absolute atomic E-state index is 12.7. The lowest BCUT2D eigenvalue weighted by Gasteiger charge is -2.25. The molecule has 4 rings (SSSR count). The topological polar surface area (TPSA) is 81.7 Å². The summed E-state index contributed by atoms with van der Waals surface area (Å²) in [5.74, 6) is 1.39. The first-order valence-electron chi connectivity index (χ1n) is 7.79. The van der Waals surface area contributed by atoms with Gasteiger partial charge in [-0.2, -0.15) is 5.10 Å². The van der Waals surface area contributed by atoms with Gasteiger partial charge in [0.05, 0.1) is 25.0 Å². The summed E-state index contributed by atoms with van der Waals surface area (Å²) < 4.78 is 3.47. The van der Waals surface area contributed by atoms with Crippen molar-refractivity contribution >= 4 is 5.91 Å². The molecule has 0 N–H and O–H groups in total. The van der Waals surface area contributed by atoms with Gasteiger partial charge < -0.3 is 4.90 Å². The second-order valence-electron chi connectivity index (χ2n) is 5.91. The monoisotopic (exact) mass is 323 g/mol. The van der Waals surface area contributed by atoms with Crippen LogP contribution in [0.5, 0.6) is 0 Å². The van der Waals surface area contributed by atoms with E-state index in [4.69, 9.17) is 0 Å². The predicted octanol–water partition coefficient (Wildman–Crippen LogP) is 1.13. The maximum Gasteiger partial charge on any atom is 0.276 e. The number of hydrogen-bond acceptors (Lipinski definition) is 5. The van der Waals surface area contributed by atoms with Gasteiger partial charge in [0.25, 0.3) is 5.91 Å². The molecule has 0 saturated carbocycles. The van der Waals surface area contributed by atoms with Gasteiger partial charge >= 0.3 is 0 Å². The number of carbonyl (C=O) groups excluding carboxylic acids is 1. The van der Waals surface area contributed by atoms with Gasteiger partial charge in [0.1, 0.15) is 11.6 Å². The zero-order valence-electron chi connectivity index (χ0n) is 13.5. The van der Waals surface area contributed by atoms with Crippen molar-refractivity contribution in [3.8, 4) is 5.69 Å². The average molecular weight is 323 g/mol. The van der Waals surface area contributed by atoms with Gasteiger partial charge in [-0.3, -0.25) is 4.79 Å². The summed E-state index contributed by atoms with van der Waals surface area (Å²) >= 11 is 0. The molecule has 2 aromatic heterocycles.